The first kappa shape index (κ1) is 17.2. The van der Waals surface area contributed by atoms with E-state index in [9.17, 15) is 9.59 Å². The molecule has 1 aliphatic heterocycles. The summed E-state index contributed by atoms with van der Waals surface area (Å²) in [5, 5.41) is 16.0. The monoisotopic (exact) mass is 342 g/mol. The Hall–Kier alpha value is -2.67. The van der Waals surface area contributed by atoms with Gasteiger partial charge in [-0.25, -0.2) is 0 Å². The number of fused-ring (bicyclic) bond motifs is 1. The number of carbonyl (C=O) groups is 2. The predicted molar refractivity (Wildman–Crippen MR) is 92.0 cm³/mol. The van der Waals surface area contributed by atoms with Crippen molar-refractivity contribution in [3.8, 4) is 0 Å². The van der Waals surface area contributed by atoms with Gasteiger partial charge in [0.2, 0.25) is 5.91 Å². The summed E-state index contributed by atoms with van der Waals surface area (Å²) in [6.07, 6.45) is 2.38. The molecule has 25 heavy (non-hydrogen) atoms. The van der Waals surface area contributed by atoms with E-state index in [-0.39, 0.29) is 11.9 Å². The molecule has 0 aliphatic carbocycles. The number of hydrogen-bond acceptors (Lipinski definition) is 4. The molecule has 0 bridgehead atoms. The lowest BCUT2D eigenvalue weighted by Gasteiger charge is -2.26. The quantitative estimate of drug-likeness (QED) is 0.854. The van der Waals surface area contributed by atoms with Gasteiger partial charge in [0.15, 0.2) is 0 Å². The van der Waals surface area contributed by atoms with Gasteiger partial charge in [-0.3, -0.25) is 14.3 Å². The minimum atomic E-state index is -0.576. The van der Waals surface area contributed by atoms with Crippen LogP contribution in [0.5, 0.6) is 0 Å². The molecule has 1 atom stereocenters. The zero-order valence-corrected chi connectivity index (χ0v) is 14.4. The number of carbonyl (C=O) groups excluding carboxylic acids is 2. The molecule has 0 radical (unpaired) electrons. The van der Waals surface area contributed by atoms with Crippen molar-refractivity contribution >= 4 is 11.8 Å². The third kappa shape index (κ3) is 3.41. The fourth-order valence-corrected chi connectivity index (χ4v) is 3.32. The van der Waals surface area contributed by atoms with Crippen LogP contribution in [0.25, 0.3) is 0 Å². The van der Waals surface area contributed by atoms with Crippen LogP contribution < -0.4 is 5.32 Å². The molecule has 1 aromatic heterocycles. The van der Waals surface area contributed by atoms with Gasteiger partial charge < -0.3 is 15.3 Å². The highest BCUT2D eigenvalue weighted by Crippen LogP contribution is 2.25. The van der Waals surface area contributed by atoms with Crippen molar-refractivity contribution < 1.29 is 14.7 Å². The highest BCUT2D eigenvalue weighted by molar-refractivity contribution is 5.94. The molecule has 2 amide bonds. The largest absolute Gasteiger partial charge is 0.387 e. The minimum Gasteiger partial charge on any atom is -0.387 e. The van der Waals surface area contributed by atoms with Gasteiger partial charge in [0, 0.05) is 20.1 Å². The van der Waals surface area contributed by atoms with E-state index < -0.39 is 12.5 Å². The maximum atomic E-state index is 13.0. The molecule has 0 saturated heterocycles. The maximum Gasteiger partial charge on any atom is 0.272 e. The summed E-state index contributed by atoms with van der Waals surface area (Å²) in [6, 6.07) is 7.49. The summed E-state index contributed by atoms with van der Waals surface area (Å²) in [4.78, 5) is 26.5. The zero-order chi connectivity index (χ0) is 18.0. The lowest BCUT2D eigenvalue weighted by molar-refractivity contribution is -0.124. The van der Waals surface area contributed by atoms with E-state index in [4.69, 9.17) is 5.11 Å². The van der Waals surface area contributed by atoms with Gasteiger partial charge in [-0.05, 0) is 30.0 Å². The predicted octanol–water partition coefficient (Wildman–Crippen LogP) is 0.577. The Bertz CT molecular complexity index is 780. The lowest BCUT2D eigenvalue weighted by atomic mass is 9.99. The van der Waals surface area contributed by atoms with Crippen molar-refractivity contribution in [3.63, 3.8) is 0 Å². The Morgan fingerprint density at radius 3 is 2.80 bits per heavy atom. The molecular weight excluding hydrogens is 320 g/mol. The number of nitrogens with zero attached hydrogens (tertiary/aromatic N) is 3. The average Bonchev–Trinajstić information content (AvgIpc) is 2.84. The summed E-state index contributed by atoms with van der Waals surface area (Å²) in [5.41, 5.74) is 3.47. The third-order valence-electron chi connectivity index (χ3n) is 4.57. The van der Waals surface area contributed by atoms with E-state index in [0.717, 1.165) is 16.7 Å². The van der Waals surface area contributed by atoms with Crippen LogP contribution in [0.15, 0.2) is 30.5 Å². The topological polar surface area (TPSA) is 87.5 Å². The first-order chi connectivity index (χ1) is 12.0. The summed E-state index contributed by atoms with van der Waals surface area (Å²) < 4.78 is 1.58. The molecule has 0 saturated carbocycles. The van der Waals surface area contributed by atoms with Gasteiger partial charge in [0.1, 0.15) is 12.3 Å². The first-order valence-corrected chi connectivity index (χ1v) is 8.27. The second-order valence-electron chi connectivity index (χ2n) is 6.28. The van der Waals surface area contributed by atoms with E-state index >= 15 is 0 Å². The Morgan fingerprint density at radius 2 is 2.12 bits per heavy atom. The van der Waals surface area contributed by atoms with Crippen molar-refractivity contribution in [2.24, 2.45) is 7.05 Å². The number of aliphatic hydroxyl groups is 1. The van der Waals surface area contributed by atoms with Gasteiger partial charge in [0.25, 0.3) is 5.91 Å². The molecule has 0 fully saturated rings. The van der Waals surface area contributed by atoms with Crippen molar-refractivity contribution in [1.82, 2.24) is 20.0 Å². The molecule has 0 spiro atoms. The summed E-state index contributed by atoms with van der Waals surface area (Å²) >= 11 is 0. The van der Waals surface area contributed by atoms with Crippen LogP contribution in [-0.4, -0.2) is 51.3 Å². The summed E-state index contributed by atoms with van der Waals surface area (Å²) in [7, 11) is 1.75. The number of aliphatic hydroxyl groups excluding tert-OH is 1. The fraction of sp³-hybridized carbons (Fsp3) is 0.389. The van der Waals surface area contributed by atoms with Gasteiger partial charge in [-0.1, -0.05) is 24.3 Å². The van der Waals surface area contributed by atoms with Gasteiger partial charge >= 0.3 is 0 Å². The van der Waals surface area contributed by atoms with Crippen LogP contribution in [0.3, 0.4) is 0 Å². The summed E-state index contributed by atoms with van der Waals surface area (Å²) in [5.74, 6) is -0.556. The molecule has 7 nitrogen and oxygen atoms in total. The second kappa shape index (κ2) is 7.06. The third-order valence-corrected chi connectivity index (χ3v) is 4.57. The van der Waals surface area contributed by atoms with Crippen LogP contribution in [-0.2, 0) is 18.3 Å². The fourth-order valence-electron chi connectivity index (χ4n) is 3.32. The number of nitrogens with one attached hydrogen (secondary N) is 1. The second-order valence-corrected chi connectivity index (χ2v) is 6.28. The minimum absolute atomic E-state index is 0.103. The smallest absolute Gasteiger partial charge is 0.272 e. The molecular formula is C18H22N4O3. The van der Waals surface area contributed by atoms with Crippen molar-refractivity contribution in [3.05, 3.63) is 52.8 Å². The van der Waals surface area contributed by atoms with Crippen LogP contribution in [0, 0.1) is 6.92 Å². The molecule has 1 aromatic carbocycles. The molecule has 1 unspecified atom stereocenters. The van der Waals surface area contributed by atoms with E-state index in [2.05, 4.69) is 10.4 Å². The van der Waals surface area contributed by atoms with Crippen LogP contribution in [0.2, 0.25) is 0 Å². The molecule has 132 valence electrons. The van der Waals surface area contributed by atoms with Gasteiger partial charge in [0.05, 0.1) is 12.2 Å². The van der Waals surface area contributed by atoms with Crippen LogP contribution in [0.1, 0.15) is 33.2 Å². The average molecular weight is 342 g/mol. The lowest BCUT2D eigenvalue weighted by Crippen LogP contribution is -2.41. The molecule has 7 heteroatoms. The van der Waals surface area contributed by atoms with E-state index in [1.807, 2.05) is 31.2 Å². The Labute approximate surface area is 146 Å². The number of aryl methyl sites for hydroxylation is 2. The molecule has 2 N–H and O–H groups in total. The number of rotatable bonds is 3. The van der Waals surface area contributed by atoms with Crippen LogP contribution >= 0.6 is 0 Å². The van der Waals surface area contributed by atoms with E-state index in [0.29, 0.717) is 25.2 Å². The number of benzene rings is 1. The normalized spacial score (nSPS) is 16.9. The highest BCUT2D eigenvalue weighted by Gasteiger charge is 2.29. The van der Waals surface area contributed by atoms with E-state index in [1.54, 1.807) is 22.8 Å². The van der Waals surface area contributed by atoms with Crippen molar-refractivity contribution in [2.75, 3.05) is 19.7 Å². The zero-order valence-electron chi connectivity index (χ0n) is 14.4. The number of amides is 2. The van der Waals surface area contributed by atoms with Gasteiger partial charge in [-0.15, -0.1) is 0 Å². The first-order valence-electron chi connectivity index (χ1n) is 8.27. The molecule has 2 heterocycles. The van der Waals surface area contributed by atoms with Crippen LogP contribution in [0.4, 0.5) is 0 Å². The maximum absolute atomic E-state index is 13.0. The standard InChI is InChI=1S/C18H22N4O3/c1-12-9-19-21(2)17(12)18(25)22-8-7-13-5-3-4-6-14(13)15(10-22)20-16(24)11-23/h3-6,9,15,23H,7-8,10-11H2,1-2H3,(H,20,24). The SMILES string of the molecule is Cc1cnn(C)c1C(=O)N1CCc2ccccc2C(NC(=O)CO)C1. The highest BCUT2D eigenvalue weighted by atomic mass is 16.3. The Kier molecular flexibility index (Phi) is 4.85. The molecule has 2 aromatic rings. The van der Waals surface area contributed by atoms with E-state index in [1.165, 1.54) is 0 Å². The molecule has 1 aliphatic rings. The van der Waals surface area contributed by atoms with Gasteiger partial charge in [-0.2, -0.15) is 5.10 Å². The summed E-state index contributed by atoms with van der Waals surface area (Å²) in [6.45, 7) is 2.20. The number of aromatic nitrogens is 2. The van der Waals surface area contributed by atoms with Crippen molar-refractivity contribution in [2.45, 2.75) is 19.4 Å². The molecule has 3 rings (SSSR count). The Morgan fingerprint density at radius 1 is 1.36 bits per heavy atom. The Balaban J connectivity index is 1.91. The number of hydrogen-bond donors (Lipinski definition) is 2. The van der Waals surface area contributed by atoms with Crippen molar-refractivity contribution in [1.29, 1.82) is 0 Å².